The fourth-order valence-electron chi connectivity index (χ4n) is 4.00. The number of ether oxygens (including phenoxy) is 1. The highest BCUT2D eigenvalue weighted by molar-refractivity contribution is 5.92. The van der Waals surface area contributed by atoms with E-state index in [0.29, 0.717) is 17.7 Å². The summed E-state index contributed by atoms with van der Waals surface area (Å²) in [5.74, 6) is 0.613. The number of piperidine rings is 1. The van der Waals surface area contributed by atoms with E-state index in [1.807, 2.05) is 13.1 Å². The molecule has 132 valence electrons. The predicted molar refractivity (Wildman–Crippen MR) is 91.1 cm³/mol. The zero-order valence-corrected chi connectivity index (χ0v) is 14.5. The van der Waals surface area contributed by atoms with Gasteiger partial charge in [-0.25, -0.2) is 0 Å². The lowest BCUT2D eigenvalue weighted by molar-refractivity contribution is 0.0238. The molecule has 24 heavy (non-hydrogen) atoms. The molecule has 1 N–H and O–H groups in total. The summed E-state index contributed by atoms with van der Waals surface area (Å²) in [5.41, 5.74) is 1.78. The van der Waals surface area contributed by atoms with Crippen molar-refractivity contribution in [2.24, 2.45) is 7.05 Å². The van der Waals surface area contributed by atoms with Crippen molar-refractivity contribution in [1.29, 1.82) is 0 Å². The number of amides is 1. The second-order valence-corrected chi connectivity index (χ2v) is 7.48. The number of nitrogens with one attached hydrogen (secondary N) is 1. The van der Waals surface area contributed by atoms with Gasteiger partial charge in [0.05, 0.1) is 5.69 Å². The molecule has 6 nitrogen and oxygen atoms in total. The van der Waals surface area contributed by atoms with Crippen molar-refractivity contribution in [2.45, 2.75) is 56.5 Å². The Balaban J connectivity index is 1.29. The van der Waals surface area contributed by atoms with Crippen LogP contribution in [0.5, 0.6) is 0 Å². The van der Waals surface area contributed by atoms with Crippen LogP contribution in [0.2, 0.25) is 0 Å². The summed E-state index contributed by atoms with van der Waals surface area (Å²) in [7, 11) is 1.87. The highest BCUT2D eigenvalue weighted by Gasteiger charge is 2.30. The molecule has 0 spiro atoms. The Morgan fingerprint density at radius 2 is 1.88 bits per heavy atom. The zero-order valence-electron chi connectivity index (χ0n) is 14.5. The summed E-state index contributed by atoms with van der Waals surface area (Å²) in [4.78, 5) is 15.2. The Kier molecular flexibility index (Phi) is 4.59. The minimum atomic E-state index is 0.0291. The van der Waals surface area contributed by atoms with E-state index in [1.165, 1.54) is 12.8 Å². The monoisotopic (exact) mass is 332 g/mol. The van der Waals surface area contributed by atoms with Crippen LogP contribution in [0.4, 0.5) is 0 Å². The maximum absolute atomic E-state index is 12.6. The van der Waals surface area contributed by atoms with Crippen LogP contribution in [0, 0.1) is 0 Å². The van der Waals surface area contributed by atoms with Gasteiger partial charge >= 0.3 is 0 Å². The predicted octanol–water partition coefficient (Wildman–Crippen LogP) is 1.67. The van der Waals surface area contributed by atoms with Gasteiger partial charge in [-0.15, -0.1) is 0 Å². The fourth-order valence-corrected chi connectivity index (χ4v) is 4.00. The van der Waals surface area contributed by atoms with Gasteiger partial charge in [-0.2, -0.15) is 5.10 Å². The number of carbonyl (C=O) groups is 1. The number of aromatic nitrogens is 2. The lowest BCUT2D eigenvalue weighted by atomic mass is 9.99. The second kappa shape index (κ2) is 6.84. The third-order valence-electron chi connectivity index (χ3n) is 5.70. The third kappa shape index (κ3) is 3.49. The maximum Gasteiger partial charge on any atom is 0.269 e. The summed E-state index contributed by atoms with van der Waals surface area (Å²) in [6.07, 6.45) is 6.80. The lowest BCUT2D eigenvalue weighted by Gasteiger charge is -2.39. The second-order valence-electron chi connectivity index (χ2n) is 7.48. The molecule has 3 aliphatic rings. The van der Waals surface area contributed by atoms with Gasteiger partial charge in [-0.1, -0.05) is 0 Å². The summed E-state index contributed by atoms with van der Waals surface area (Å²) < 4.78 is 7.19. The largest absolute Gasteiger partial charge is 0.381 e. The summed E-state index contributed by atoms with van der Waals surface area (Å²) in [6.45, 7) is 3.94. The molecule has 2 saturated heterocycles. The number of aryl methyl sites for hydroxylation is 1. The number of rotatable bonds is 4. The molecule has 0 unspecified atom stereocenters. The normalized spacial score (nSPS) is 24.2. The summed E-state index contributed by atoms with van der Waals surface area (Å²) >= 11 is 0. The summed E-state index contributed by atoms with van der Waals surface area (Å²) in [6, 6.07) is 2.94. The van der Waals surface area contributed by atoms with Crippen LogP contribution in [-0.4, -0.2) is 59.0 Å². The molecule has 3 heterocycles. The van der Waals surface area contributed by atoms with Crippen molar-refractivity contribution in [3.8, 4) is 0 Å². The zero-order chi connectivity index (χ0) is 16.5. The van der Waals surface area contributed by atoms with Gasteiger partial charge in [0.25, 0.3) is 5.91 Å². The molecule has 1 aromatic rings. The van der Waals surface area contributed by atoms with E-state index in [0.717, 1.165) is 57.7 Å². The Hall–Kier alpha value is -1.40. The number of nitrogens with zero attached hydrogens (tertiary/aromatic N) is 3. The Bertz CT molecular complexity index is 582. The number of hydrogen-bond acceptors (Lipinski definition) is 4. The van der Waals surface area contributed by atoms with E-state index < -0.39 is 0 Å². The number of carbonyl (C=O) groups excluding carboxylic acids is 1. The van der Waals surface area contributed by atoms with E-state index in [1.54, 1.807) is 4.68 Å². The van der Waals surface area contributed by atoms with Crippen molar-refractivity contribution in [2.75, 3.05) is 26.3 Å². The minimum Gasteiger partial charge on any atom is -0.381 e. The molecule has 4 rings (SSSR count). The van der Waals surface area contributed by atoms with E-state index >= 15 is 0 Å². The molecule has 0 radical (unpaired) electrons. The van der Waals surface area contributed by atoms with Crippen LogP contribution in [0.25, 0.3) is 0 Å². The molecule has 1 aromatic heterocycles. The molecule has 3 fully saturated rings. The van der Waals surface area contributed by atoms with Crippen molar-refractivity contribution in [1.82, 2.24) is 20.0 Å². The topological polar surface area (TPSA) is 59.4 Å². The first-order chi connectivity index (χ1) is 11.7. The number of hydrogen-bond donors (Lipinski definition) is 1. The molecule has 0 aromatic carbocycles. The Labute approximate surface area is 143 Å². The van der Waals surface area contributed by atoms with E-state index in [2.05, 4.69) is 15.3 Å². The Morgan fingerprint density at radius 3 is 2.54 bits per heavy atom. The van der Waals surface area contributed by atoms with Crippen LogP contribution in [-0.2, 0) is 11.8 Å². The Morgan fingerprint density at radius 1 is 1.17 bits per heavy atom. The van der Waals surface area contributed by atoms with Gasteiger partial charge in [-0.05, 0) is 44.6 Å². The van der Waals surface area contributed by atoms with Crippen LogP contribution in [0.15, 0.2) is 6.07 Å². The van der Waals surface area contributed by atoms with E-state index in [-0.39, 0.29) is 11.9 Å². The molecule has 0 bridgehead atoms. The minimum absolute atomic E-state index is 0.0291. The van der Waals surface area contributed by atoms with Gasteiger partial charge in [0.2, 0.25) is 0 Å². The molecular weight excluding hydrogens is 304 g/mol. The average molecular weight is 332 g/mol. The smallest absolute Gasteiger partial charge is 0.269 e. The summed E-state index contributed by atoms with van der Waals surface area (Å²) in [5, 5.41) is 7.72. The van der Waals surface area contributed by atoms with Crippen molar-refractivity contribution in [3.63, 3.8) is 0 Å². The maximum atomic E-state index is 12.6. The van der Waals surface area contributed by atoms with E-state index in [4.69, 9.17) is 4.74 Å². The molecule has 2 aliphatic heterocycles. The van der Waals surface area contributed by atoms with Gasteiger partial charge in [-0.3, -0.25) is 9.48 Å². The quantitative estimate of drug-likeness (QED) is 0.911. The van der Waals surface area contributed by atoms with Gasteiger partial charge in [0, 0.05) is 51.4 Å². The highest BCUT2D eigenvalue weighted by Crippen LogP contribution is 2.39. The first kappa shape index (κ1) is 16.1. The molecule has 6 heteroatoms. The van der Waals surface area contributed by atoms with E-state index in [9.17, 15) is 4.79 Å². The molecule has 1 saturated carbocycles. The fraction of sp³-hybridized carbons (Fsp3) is 0.778. The first-order valence-electron chi connectivity index (χ1n) is 9.37. The number of likely N-dealkylation sites (tertiary alicyclic amines) is 1. The van der Waals surface area contributed by atoms with Crippen molar-refractivity contribution in [3.05, 3.63) is 17.5 Å². The van der Waals surface area contributed by atoms with Crippen LogP contribution in [0.1, 0.15) is 60.6 Å². The van der Waals surface area contributed by atoms with Crippen LogP contribution >= 0.6 is 0 Å². The van der Waals surface area contributed by atoms with Crippen LogP contribution < -0.4 is 5.32 Å². The molecule has 1 amide bonds. The molecule has 0 atom stereocenters. The van der Waals surface area contributed by atoms with Gasteiger partial charge in [0.1, 0.15) is 5.69 Å². The first-order valence-corrected chi connectivity index (χ1v) is 9.37. The average Bonchev–Trinajstić information content (AvgIpc) is 3.38. The van der Waals surface area contributed by atoms with Gasteiger partial charge < -0.3 is 15.0 Å². The van der Waals surface area contributed by atoms with Crippen molar-refractivity contribution < 1.29 is 9.53 Å². The van der Waals surface area contributed by atoms with Crippen molar-refractivity contribution >= 4 is 5.91 Å². The SMILES string of the molecule is Cn1nc(C2CC2)cc1C(=O)NC1CCN(C2CCOCC2)CC1. The molecule has 1 aliphatic carbocycles. The van der Waals surface area contributed by atoms with Gasteiger partial charge in [0.15, 0.2) is 0 Å². The standard InChI is InChI=1S/C18H28N4O2/c1-21-17(12-16(20-21)13-2-3-13)18(23)19-14-4-8-22(9-5-14)15-6-10-24-11-7-15/h12-15H,2-11H2,1H3,(H,19,23). The highest BCUT2D eigenvalue weighted by atomic mass is 16.5. The lowest BCUT2D eigenvalue weighted by Crippen LogP contribution is -2.49. The third-order valence-corrected chi connectivity index (χ3v) is 5.70. The molecular formula is C18H28N4O2. The van der Waals surface area contributed by atoms with Crippen LogP contribution in [0.3, 0.4) is 0 Å².